The van der Waals surface area contributed by atoms with E-state index >= 15 is 0 Å². The number of anilines is 1. The molecule has 0 radical (unpaired) electrons. The van der Waals surface area contributed by atoms with Crippen molar-refractivity contribution in [1.82, 2.24) is 0 Å². The predicted molar refractivity (Wildman–Crippen MR) is 79.2 cm³/mol. The minimum absolute atomic E-state index is 0.121. The van der Waals surface area contributed by atoms with Crippen LogP contribution in [-0.4, -0.2) is 6.54 Å². The summed E-state index contributed by atoms with van der Waals surface area (Å²) in [6, 6.07) is 8.99. The fraction of sp³-hybridized carbons (Fsp3) is 0.250. The Hall–Kier alpha value is -1.74. The number of ether oxygens (including phenoxy) is 1. The summed E-state index contributed by atoms with van der Waals surface area (Å²) in [5, 5.41) is 3.48. The molecule has 1 heterocycles. The monoisotopic (exact) mass is 291 g/mol. The van der Waals surface area contributed by atoms with Crippen molar-refractivity contribution in [1.29, 1.82) is 0 Å². The molecule has 0 aromatic heterocycles. The minimum Gasteiger partial charge on any atom is -0.480 e. The van der Waals surface area contributed by atoms with E-state index in [2.05, 4.69) is 37.4 Å². The third kappa shape index (κ3) is 2.46. The molecule has 0 aliphatic carbocycles. The van der Waals surface area contributed by atoms with Crippen LogP contribution in [0.1, 0.15) is 22.8 Å². The van der Waals surface area contributed by atoms with Gasteiger partial charge in [0.15, 0.2) is 5.75 Å². The summed E-state index contributed by atoms with van der Waals surface area (Å²) in [7, 11) is 0. The molecule has 1 aliphatic heterocycles. The van der Waals surface area contributed by atoms with E-state index in [-0.39, 0.29) is 11.9 Å². The number of aryl methyl sites for hydroxylation is 2. The van der Waals surface area contributed by atoms with Gasteiger partial charge in [0, 0.05) is 6.07 Å². The Morgan fingerprint density at radius 3 is 2.55 bits per heavy atom. The highest BCUT2D eigenvalue weighted by Crippen LogP contribution is 2.40. The molecule has 0 saturated carbocycles. The Morgan fingerprint density at radius 1 is 1.15 bits per heavy atom. The first-order chi connectivity index (χ1) is 9.52. The normalized spacial score (nSPS) is 17.1. The van der Waals surface area contributed by atoms with E-state index in [1.165, 1.54) is 23.3 Å². The third-order valence-electron chi connectivity index (χ3n) is 3.36. The van der Waals surface area contributed by atoms with Gasteiger partial charge in [-0.05, 0) is 25.5 Å². The Bertz CT molecular complexity index is 652. The zero-order valence-electron chi connectivity index (χ0n) is 11.3. The molecule has 0 spiro atoms. The predicted octanol–water partition coefficient (Wildman–Crippen LogP) is 4.64. The molecule has 104 valence electrons. The van der Waals surface area contributed by atoms with E-state index in [4.69, 9.17) is 16.3 Å². The van der Waals surface area contributed by atoms with Gasteiger partial charge >= 0.3 is 0 Å². The first-order valence-corrected chi connectivity index (χ1v) is 6.88. The molecular weight excluding hydrogens is 277 g/mol. The van der Waals surface area contributed by atoms with E-state index in [1.807, 2.05) is 0 Å². The number of halogens is 2. The van der Waals surface area contributed by atoms with E-state index in [1.54, 1.807) is 0 Å². The molecule has 1 aliphatic rings. The summed E-state index contributed by atoms with van der Waals surface area (Å²) >= 11 is 6.06. The minimum atomic E-state index is -0.366. The van der Waals surface area contributed by atoms with Gasteiger partial charge in [-0.1, -0.05) is 40.9 Å². The highest BCUT2D eigenvalue weighted by Gasteiger charge is 2.24. The van der Waals surface area contributed by atoms with Gasteiger partial charge in [0.05, 0.1) is 17.3 Å². The van der Waals surface area contributed by atoms with Crippen LogP contribution in [0.2, 0.25) is 5.02 Å². The molecule has 2 aromatic rings. The fourth-order valence-electron chi connectivity index (χ4n) is 2.58. The van der Waals surface area contributed by atoms with Gasteiger partial charge in [0.1, 0.15) is 11.9 Å². The number of benzene rings is 2. The van der Waals surface area contributed by atoms with Crippen LogP contribution in [0.15, 0.2) is 30.3 Å². The summed E-state index contributed by atoms with van der Waals surface area (Å²) in [5.74, 6) is 0.151. The van der Waals surface area contributed by atoms with Crippen molar-refractivity contribution < 1.29 is 9.13 Å². The van der Waals surface area contributed by atoms with Crippen LogP contribution < -0.4 is 10.1 Å². The van der Waals surface area contributed by atoms with E-state index in [9.17, 15) is 4.39 Å². The van der Waals surface area contributed by atoms with Gasteiger partial charge in [0.2, 0.25) is 0 Å². The van der Waals surface area contributed by atoms with Crippen LogP contribution >= 0.6 is 11.6 Å². The molecule has 4 heteroatoms. The average Bonchev–Trinajstić information content (AvgIpc) is 2.37. The molecule has 0 saturated heterocycles. The highest BCUT2D eigenvalue weighted by molar-refractivity contribution is 6.32. The molecule has 1 atom stereocenters. The lowest BCUT2D eigenvalue weighted by Crippen LogP contribution is -2.24. The van der Waals surface area contributed by atoms with E-state index in [0.717, 1.165) is 5.56 Å². The topological polar surface area (TPSA) is 21.3 Å². The molecule has 2 nitrogen and oxygen atoms in total. The summed E-state index contributed by atoms with van der Waals surface area (Å²) in [6.07, 6.45) is -0.121. The summed E-state index contributed by atoms with van der Waals surface area (Å²) in [6.45, 7) is 4.71. The van der Waals surface area contributed by atoms with Crippen molar-refractivity contribution in [2.45, 2.75) is 20.0 Å². The Kier molecular flexibility index (Phi) is 3.30. The van der Waals surface area contributed by atoms with Gasteiger partial charge in [-0.3, -0.25) is 0 Å². The third-order valence-corrected chi connectivity index (χ3v) is 3.64. The molecule has 0 bridgehead atoms. The molecule has 1 N–H and O–H groups in total. The second-order valence-electron chi connectivity index (χ2n) is 5.17. The maximum absolute atomic E-state index is 13.3. The summed E-state index contributed by atoms with van der Waals surface area (Å²) in [5.41, 5.74) is 4.09. The molecule has 0 fully saturated rings. The lowest BCUT2D eigenvalue weighted by Gasteiger charge is -2.28. The quantitative estimate of drug-likeness (QED) is 0.826. The SMILES string of the molecule is Cc1cc(C)cc(C2CNc3cc(F)cc(Cl)c3O2)c1. The molecule has 0 amide bonds. The first-order valence-electron chi connectivity index (χ1n) is 6.51. The Morgan fingerprint density at radius 2 is 1.85 bits per heavy atom. The van der Waals surface area contributed by atoms with Crippen molar-refractivity contribution in [3.8, 4) is 5.75 Å². The Balaban J connectivity index is 1.96. The number of rotatable bonds is 1. The standard InChI is InChI=1S/C16H15ClFNO/c1-9-3-10(2)5-11(4-9)15-8-19-14-7-12(18)6-13(17)16(14)20-15/h3-7,15,19H,8H2,1-2H3. The largest absolute Gasteiger partial charge is 0.480 e. The zero-order chi connectivity index (χ0) is 14.3. The summed E-state index contributed by atoms with van der Waals surface area (Å²) < 4.78 is 19.3. The van der Waals surface area contributed by atoms with Crippen LogP contribution in [0.3, 0.4) is 0 Å². The van der Waals surface area contributed by atoms with Crippen molar-refractivity contribution in [3.63, 3.8) is 0 Å². The van der Waals surface area contributed by atoms with Gasteiger partial charge in [-0.25, -0.2) is 4.39 Å². The average molecular weight is 292 g/mol. The fourth-order valence-corrected chi connectivity index (χ4v) is 2.83. The van der Waals surface area contributed by atoms with Crippen LogP contribution in [0, 0.1) is 19.7 Å². The molecular formula is C16H15ClFNO. The maximum Gasteiger partial charge on any atom is 0.162 e. The lowest BCUT2D eigenvalue weighted by atomic mass is 10.0. The zero-order valence-corrected chi connectivity index (χ0v) is 12.1. The first kappa shape index (κ1) is 13.3. The number of fused-ring (bicyclic) bond motifs is 1. The van der Waals surface area contributed by atoms with Crippen molar-refractivity contribution in [2.24, 2.45) is 0 Å². The highest BCUT2D eigenvalue weighted by atomic mass is 35.5. The van der Waals surface area contributed by atoms with Crippen LogP contribution in [0.5, 0.6) is 5.75 Å². The number of nitrogens with one attached hydrogen (secondary N) is 1. The van der Waals surface area contributed by atoms with Crippen molar-refractivity contribution >= 4 is 17.3 Å². The van der Waals surface area contributed by atoms with Gasteiger partial charge in [-0.15, -0.1) is 0 Å². The van der Waals surface area contributed by atoms with Gasteiger partial charge in [-0.2, -0.15) is 0 Å². The smallest absolute Gasteiger partial charge is 0.162 e. The van der Waals surface area contributed by atoms with Crippen LogP contribution in [-0.2, 0) is 0 Å². The van der Waals surface area contributed by atoms with Gasteiger partial charge < -0.3 is 10.1 Å². The van der Waals surface area contributed by atoms with Crippen molar-refractivity contribution in [2.75, 3.05) is 11.9 Å². The number of hydrogen-bond donors (Lipinski definition) is 1. The number of hydrogen-bond acceptors (Lipinski definition) is 2. The second-order valence-corrected chi connectivity index (χ2v) is 5.58. The van der Waals surface area contributed by atoms with Crippen LogP contribution in [0.25, 0.3) is 0 Å². The van der Waals surface area contributed by atoms with E-state index < -0.39 is 0 Å². The molecule has 2 aromatic carbocycles. The Labute approximate surface area is 122 Å². The lowest BCUT2D eigenvalue weighted by molar-refractivity contribution is 0.210. The molecule has 20 heavy (non-hydrogen) atoms. The van der Waals surface area contributed by atoms with Crippen molar-refractivity contribution in [3.05, 3.63) is 57.9 Å². The second kappa shape index (κ2) is 4.98. The molecule has 1 unspecified atom stereocenters. The maximum atomic E-state index is 13.3. The van der Waals surface area contributed by atoms with E-state index in [0.29, 0.717) is 23.0 Å². The summed E-state index contributed by atoms with van der Waals surface area (Å²) in [4.78, 5) is 0. The van der Waals surface area contributed by atoms with Crippen LogP contribution in [0.4, 0.5) is 10.1 Å². The molecule has 3 rings (SSSR count). The van der Waals surface area contributed by atoms with Gasteiger partial charge in [0.25, 0.3) is 0 Å².